The SMILES string of the molecule is Cc1cc(C2=NOC(c3cc(Cl)c(F)c(Cl)c3)(C(F)(F)F)C2)ccc1C(=O)N(c1nc(C(C)C)n(C(F)C(F)F)n1)C(F)C(F)F. The molecule has 7 nitrogen and oxygen atoms in total. The van der Waals surface area contributed by atoms with E-state index >= 15 is 0 Å². The largest absolute Gasteiger partial charge is 0.435 e. The van der Waals surface area contributed by atoms with Gasteiger partial charge in [-0.1, -0.05) is 48.3 Å². The number of alkyl halides is 9. The van der Waals surface area contributed by atoms with Crippen LogP contribution in [0, 0.1) is 12.7 Å². The number of oxime groups is 1. The molecule has 1 aliphatic heterocycles. The lowest BCUT2D eigenvalue weighted by atomic mass is 9.86. The first-order valence-corrected chi connectivity index (χ1v) is 13.8. The number of carbonyl (C=O) groups is 1. The number of carbonyl (C=O) groups excluding carboxylic acids is 1. The van der Waals surface area contributed by atoms with Gasteiger partial charge in [0.25, 0.3) is 36.6 Å². The molecule has 1 amide bonds. The molecule has 1 aromatic heterocycles. The normalized spacial score (nSPS) is 18.3. The van der Waals surface area contributed by atoms with Crippen molar-refractivity contribution in [3.8, 4) is 0 Å². The van der Waals surface area contributed by atoms with E-state index in [1.165, 1.54) is 20.8 Å². The van der Waals surface area contributed by atoms with E-state index in [4.69, 9.17) is 28.0 Å². The average Bonchev–Trinajstić information content (AvgIpc) is 3.61. The van der Waals surface area contributed by atoms with Gasteiger partial charge in [0.15, 0.2) is 5.82 Å². The molecule has 250 valence electrons. The number of amides is 1. The van der Waals surface area contributed by atoms with Crippen molar-refractivity contribution < 1.29 is 53.5 Å². The molecular weight excluding hydrogens is 687 g/mol. The smallest absolute Gasteiger partial charge is 0.374 e. The number of hydrogen-bond donors (Lipinski definition) is 0. The summed E-state index contributed by atoms with van der Waals surface area (Å²) >= 11 is 11.4. The van der Waals surface area contributed by atoms with Crippen molar-refractivity contribution in [3.63, 3.8) is 0 Å². The molecular formula is C27H21Cl2F10N5O2. The molecule has 0 fully saturated rings. The second-order valence-corrected chi connectivity index (χ2v) is 11.2. The molecule has 3 aromatic rings. The van der Waals surface area contributed by atoms with E-state index in [2.05, 4.69) is 15.2 Å². The summed E-state index contributed by atoms with van der Waals surface area (Å²) in [4.78, 5) is 21.7. The van der Waals surface area contributed by atoms with Crippen LogP contribution < -0.4 is 4.90 Å². The Morgan fingerprint density at radius 2 is 1.63 bits per heavy atom. The molecule has 1 aliphatic rings. The second kappa shape index (κ2) is 12.9. The quantitative estimate of drug-likeness (QED) is 0.127. The molecule has 0 bridgehead atoms. The summed E-state index contributed by atoms with van der Waals surface area (Å²) in [5.41, 5.74) is -4.73. The lowest BCUT2D eigenvalue weighted by Gasteiger charge is -2.29. The van der Waals surface area contributed by atoms with Crippen molar-refractivity contribution in [2.24, 2.45) is 5.16 Å². The molecule has 0 N–H and O–H groups in total. The molecule has 2 heterocycles. The Labute approximate surface area is 263 Å². The van der Waals surface area contributed by atoms with Crippen molar-refractivity contribution in [1.82, 2.24) is 14.8 Å². The standard InChI is InChI=1S/C27H21Cl2F10N5O2/c1-10(2)23-40-25(41-44(23)22(36)20(33)34)43(21(35)19(31)32)24(45)14-5-4-12(6-11(14)3)17-9-26(46-42-17,27(37,38)39)13-7-15(28)18(30)16(29)8-13/h4-8,10,19-22H,9H2,1-3H3. The van der Waals surface area contributed by atoms with E-state index in [9.17, 15) is 48.7 Å². The molecule has 46 heavy (non-hydrogen) atoms. The third-order valence-corrected chi connectivity index (χ3v) is 7.47. The van der Waals surface area contributed by atoms with Crippen LogP contribution in [0.2, 0.25) is 10.0 Å². The molecule has 2 aromatic carbocycles. The fourth-order valence-electron chi connectivity index (χ4n) is 4.59. The number of anilines is 1. The minimum absolute atomic E-state index is 0.0432. The van der Waals surface area contributed by atoms with Crippen LogP contribution in [-0.2, 0) is 10.4 Å². The molecule has 0 radical (unpaired) electrons. The van der Waals surface area contributed by atoms with Gasteiger partial charge in [0.2, 0.25) is 6.30 Å². The number of aryl methyl sites for hydroxylation is 1. The van der Waals surface area contributed by atoms with Gasteiger partial charge in [0.05, 0.1) is 15.8 Å². The minimum Gasteiger partial charge on any atom is -0.374 e. The summed E-state index contributed by atoms with van der Waals surface area (Å²) < 4.78 is 140. The number of halogens is 12. The van der Waals surface area contributed by atoms with Gasteiger partial charge in [-0.2, -0.15) is 18.2 Å². The maximum absolute atomic E-state index is 14.8. The minimum atomic E-state index is -5.13. The van der Waals surface area contributed by atoms with Gasteiger partial charge in [0.1, 0.15) is 5.82 Å². The van der Waals surface area contributed by atoms with Crippen molar-refractivity contribution >= 4 is 40.8 Å². The summed E-state index contributed by atoms with van der Waals surface area (Å²) in [5, 5.41) is 5.51. The van der Waals surface area contributed by atoms with Crippen LogP contribution in [0.3, 0.4) is 0 Å². The van der Waals surface area contributed by atoms with E-state index in [1.807, 2.05) is 0 Å². The van der Waals surface area contributed by atoms with E-state index in [-0.39, 0.29) is 26.4 Å². The van der Waals surface area contributed by atoms with Crippen LogP contribution in [0.1, 0.15) is 65.4 Å². The third-order valence-electron chi connectivity index (χ3n) is 6.92. The maximum Gasteiger partial charge on any atom is 0.435 e. The molecule has 3 atom stereocenters. The van der Waals surface area contributed by atoms with E-state index in [0.29, 0.717) is 12.1 Å². The number of hydrogen-bond acceptors (Lipinski definition) is 5. The molecule has 3 unspecified atom stereocenters. The Balaban J connectivity index is 1.71. The molecule has 0 saturated carbocycles. The highest BCUT2D eigenvalue weighted by atomic mass is 35.5. The van der Waals surface area contributed by atoms with Gasteiger partial charge in [-0.3, -0.25) is 4.79 Å². The van der Waals surface area contributed by atoms with Crippen LogP contribution in [0.15, 0.2) is 35.5 Å². The van der Waals surface area contributed by atoms with Gasteiger partial charge in [0, 0.05) is 23.5 Å². The van der Waals surface area contributed by atoms with Crippen molar-refractivity contribution in [1.29, 1.82) is 0 Å². The fourth-order valence-corrected chi connectivity index (χ4v) is 5.08. The fraction of sp³-hybridized carbons (Fsp3) is 0.407. The van der Waals surface area contributed by atoms with Gasteiger partial charge < -0.3 is 4.84 Å². The predicted molar refractivity (Wildman–Crippen MR) is 146 cm³/mol. The summed E-state index contributed by atoms with van der Waals surface area (Å²) in [5.74, 6) is -5.10. The lowest BCUT2D eigenvalue weighted by Crippen LogP contribution is -2.43. The zero-order valence-corrected chi connectivity index (χ0v) is 25.1. The van der Waals surface area contributed by atoms with E-state index < -0.39 is 94.2 Å². The molecule has 19 heteroatoms. The third kappa shape index (κ3) is 6.35. The monoisotopic (exact) mass is 707 g/mol. The highest BCUT2D eigenvalue weighted by Crippen LogP contribution is 2.50. The summed E-state index contributed by atoms with van der Waals surface area (Å²) in [6.45, 7) is 3.98. The first kappa shape index (κ1) is 35.3. The summed E-state index contributed by atoms with van der Waals surface area (Å²) in [6, 6.07) is 4.50. The van der Waals surface area contributed by atoms with E-state index in [1.54, 1.807) is 0 Å². The molecule has 0 saturated heterocycles. The Morgan fingerprint density at radius 3 is 2.13 bits per heavy atom. The molecule has 0 spiro atoms. The average molecular weight is 708 g/mol. The summed E-state index contributed by atoms with van der Waals surface area (Å²) in [7, 11) is 0. The number of rotatable bonds is 9. The van der Waals surface area contributed by atoms with Gasteiger partial charge >= 0.3 is 6.18 Å². The maximum atomic E-state index is 14.8. The number of benzene rings is 2. The first-order chi connectivity index (χ1) is 21.3. The second-order valence-electron chi connectivity index (χ2n) is 10.4. The Morgan fingerprint density at radius 1 is 1.02 bits per heavy atom. The van der Waals surface area contributed by atoms with Crippen LogP contribution in [0.4, 0.5) is 49.9 Å². The lowest BCUT2D eigenvalue weighted by molar-refractivity contribution is -0.275. The Bertz CT molecular complexity index is 1640. The van der Waals surface area contributed by atoms with Crippen LogP contribution in [0.25, 0.3) is 0 Å². The highest BCUT2D eigenvalue weighted by molar-refractivity contribution is 6.35. The van der Waals surface area contributed by atoms with Crippen molar-refractivity contribution in [3.05, 3.63) is 74.3 Å². The van der Waals surface area contributed by atoms with E-state index in [0.717, 1.165) is 18.2 Å². The highest BCUT2D eigenvalue weighted by Gasteiger charge is 2.62. The Kier molecular flexibility index (Phi) is 9.88. The molecule has 0 aliphatic carbocycles. The zero-order valence-electron chi connectivity index (χ0n) is 23.6. The van der Waals surface area contributed by atoms with Crippen LogP contribution >= 0.6 is 23.2 Å². The zero-order chi connectivity index (χ0) is 34.5. The topological polar surface area (TPSA) is 72.6 Å². The summed E-state index contributed by atoms with van der Waals surface area (Å²) in [6.07, 6.45) is -20.1. The van der Waals surface area contributed by atoms with Gasteiger partial charge in [-0.25, -0.2) is 40.3 Å². The Hall–Kier alpha value is -3.60. The van der Waals surface area contributed by atoms with Crippen LogP contribution in [-0.4, -0.2) is 51.7 Å². The van der Waals surface area contributed by atoms with Crippen molar-refractivity contribution in [2.75, 3.05) is 4.90 Å². The number of nitrogens with zero attached hydrogens (tertiary/aromatic N) is 5. The van der Waals surface area contributed by atoms with Crippen molar-refractivity contribution in [2.45, 2.75) is 70.3 Å². The van der Waals surface area contributed by atoms with Gasteiger partial charge in [-0.15, -0.1) is 5.10 Å². The molecule has 4 rings (SSSR count). The van der Waals surface area contributed by atoms with Gasteiger partial charge in [-0.05, 0) is 42.3 Å². The van der Waals surface area contributed by atoms with Crippen LogP contribution in [0.5, 0.6) is 0 Å². The predicted octanol–water partition coefficient (Wildman–Crippen LogP) is 8.68. The number of aromatic nitrogens is 3. The first-order valence-electron chi connectivity index (χ1n) is 13.0.